The van der Waals surface area contributed by atoms with E-state index in [4.69, 9.17) is 16.2 Å². The van der Waals surface area contributed by atoms with Crippen LogP contribution < -0.4 is 5.32 Å². The van der Waals surface area contributed by atoms with Crippen molar-refractivity contribution in [3.05, 3.63) is 59.6 Å². The molecule has 0 saturated carbocycles. The van der Waals surface area contributed by atoms with Gasteiger partial charge in [0.15, 0.2) is 11.1 Å². The van der Waals surface area contributed by atoms with Crippen LogP contribution in [0.15, 0.2) is 59.5 Å². The molecule has 2 aromatic rings. The fraction of sp³-hybridized carbons (Fsp3) is 0.0769. The highest BCUT2D eigenvalue weighted by Crippen LogP contribution is 2.17. The SMILES string of the molecule is CNc1ccccc1.O=S(O)c1ccccc1Cl. The molecule has 1 atom stereocenters. The second-order valence-electron chi connectivity index (χ2n) is 3.30. The molecule has 0 aromatic heterocycles. The summed E-state index contributed by atoms with van der Waals surface area (Å²) >= 11 is 3.59. The Kier molecular flexibility index (Phi) is 6.43. The minimum Gasteiger partial charge on any atom is -0.388 e. The zero-order valence-electron chi connectivity index (χ0n) is 9.84. The zero-order chi connectivity index (χ0) is 13.4. The van der Waals surface area contributed by atoms with E-state index < -0.39 is 11.1 Å². The van der Waals surface area contributed by atoms with Crippen molar-refractivity contribution in [3.8, 4) is 0 Å². The Morgan fingerprint density at radius 3 is 2.00 bits per heavy atom. The van der Waals surface area contributed by atoms with Gasteiger partial charge >= 0.3 is 0 Å². The van der Waals surface area contributed by atoms with Gasteiger partial charge in [-0.1, -0.05) is 41.9 Å². The molecule has 0 bridgehead atoms. The Balaban J connectivity index is 0.000000184. The van der Waals surface area contributed by atoms with Gasteiger partial charge < -0.3 is 9.87 Å². The smallest absolute Gasteiger partial charge is 0.188 e. The molecule has 3 nitrogen and oxygen atoms in total. The molecule has 0 spiro atoms. The second-order valence-corrected chi connectivity index (χ2v) is 4.64. The van der Waals surface area contributed by atoms with Crippen molar-refractivity contribution in [1.29, 1.82) is 0 Å². The topological polar surface area (TPSA) is 49.3 Å². The fourth-order valence-electron chi connectivity index (χ4n) is 1.19. The minimum atomic E-state index is -1.97. The average Bonchev–Trinajstić information content (AvgIpc) is 2.40. The summed E-state index contributed by atoms with van der Waals surface area (Å²) in [6.45, 7) is 0. The van der Waals surface area contributed by atoms with Crippen LogP contribution in [0, 0.1) is 0 Å². The molecule has 0 aliphatic carbocycles. The van der Waals surface area contributed by atoms with Crippen molar-refractivity contribution >= 4 is 28.4 Å². The second kappa shape index (κ2) is 7.87. The number of para-hydroxylation sites is 1. The van der Waals surface area contributed by atoms with Crippen LogP contribution >= 0.6 is 11.6 Å². The Morgan fingerprint density at radius 2 is 1.61 bits per heavy atom. The van der Waals surface area contributed by atoms with Crippen LogP contribution in [0.2, 0.25) is 5.02 Å². The lowest BCUT2D eigenvalue weighted by molar-refractivity contribution is 0.564. The van der Waals surface area contributed by atoms with Crippen molar-refractivity contribution in [1.82, 2.24) is 0 Å². The van der Waals surface area contributed by atoms with Gasteiger partial charge in [0.25, 0.3) is 0 Å². The van der Waals surface area contributed by atoms with E-state index in [0.29, 0.717) is 5.02 Å². The van der Waals surface area contributed by atoms with Crippen LogP contribution in [-0.4, -0.2) is 15.8 Å². The average molecular weight is 284 g/mol. The van der Waals surface area contributed by atoms with E-state index in [1.807, 2.05) is 37.4 Å². The molecule has 2 N–H and O–H groups in total. The summed E-state index contributed by atoms with van der Waals surface area (Å²) in [6, 6.07) is 16.5. The Labute approximate surface area is 114 Å². The van der Waals surface area contributed by atoms with Crippen molar-refractivity contribution in [3.63, 3.8) is 0 Å². The number of hydrogen-bond acceptors (Lipinski definition) is 2. The summed E-state index contributed by atoms with van der Waals surface area (Å²) in [6.07, 6.45) is 0. The quantitative estimate of drug-likeness (QED) is 0.827. The number of hydrogen-bond donors (Lipinski definition) is 2. The summed E-state index contributed by atoms with van der Waals surface area (Å²) in [5, 5.41) is 3.35. The summed E-state index contributed by atoms with van der Waals surface area (Å²) in [5.41, 5.74) is 1.16. The summed E-state index contributed by atoms with van der Waals surface area (Å²) < 4.78 is 19.0. The third-order valence-electron chi connectivity index (χ3n) is 2.09. The molecule has 0 aliphatic heterocycles. The first kappa shape index (κ1) is 14.7. The van der Waals surface area contributed by atoms with E-state index in [2.05, 4.69) is 5.32 Å². The van der Waals surface area contributed by atoms with Crippen molar-refractivity contribution < 1.29 is 8.76 Å². The molecule has 0 amide bonds. The molecule has 0 saturated heterocycles. The van der Waals surface area contributed by atoms with E-state index >= 15 is 0 Å². The number of benzene rings is 2. The lowest BCUT2D eigenvalue weighted by atomic mass is 10.3. The van der Waals surface area contributed by atoms with Crippen molar-refractivity contribution in [2.24, 2.45) is 0 Å². The molecule has 18 heavy (non-hydrogen) atoms. The maximum Gasteiger partial charge on any atom is 0.188 e. The Hall–Kier alpha value is -1.36. The van der Waals surface area contributed by atoms with Gasteiger partial charge in [0.1, 0.15) is 0 Å². The zero-order valence-corrected chi connectivity index (χ0v) is 11.4. The predicted octanol–water partition coefficient (Wildman–Crippen LogP) is 3.65. The standard InChI is InChI=1S/C7H9N.C6H5ClO2S/c1-8-7-5-3-2-4-6-7;7-5-3-1-2-4-6(5)10(8)9/h2-6,8H,1H3;1-4H,(H,8,9). The lowest BCUT2D eigenvalue weighted by Crippen LogP contribution is -1.87. The van der Waals surface area contributed by atoms with Gasteiger partial charge in [0.2, 0.25) is 0 Å². The first-order valence-corrected chi connectivity index (χ1v) is 6.72. The van der Waals surface area contributed by atoms with E-state index in [1.165, 1.54) is 6.07 Å². The first-order valence-electron chi connectivity index (χ1n) is 5.23. The van der Waals surface area contributed by atoms with E-state index in [-0.39, 0.29) is 4.90 Å². The van der Waals surface area contributed by atoms with Crippen LogP contribution in [0.3, 0.4) is 0 Å². The van der Waals surface area contributed by atoms with Gasteiger partial charge in [-0.05, 0) is 24.3 Å². The molecular weight excluding hydrogens is 270 g/mol. The highest BCUT2D eigenvalue weighted by Gasteiger charge is 2.02. The number of anilines is 1. The first-order chi connectivity index (χ1) is 8.65. The third kappa shape index (κ3) is 4.87. The van der Waals surface area contributed by atoms with Gasteiger partial charge in [-0.15, -0.1) is 0 Å². The highest BCUT2D eigenvalue weighted by atomic mass is 35.5. The van der Waals surface area contributed by atoms with Crippen LogP contribution in [0.4, 0.5) is 5.69 Å². The maximum absolute atomic E-state index is 10.4. The number of halogens is 1. The lowest BCUT2D eigenvalue weighted by Gasteiger charge is -1.95. The highest BCUT2D eigenvalue weighted by molar-refractivity contribution is 7.79. The van der Waals surface area contributed by atoms with E-state index in [0.717, 1.165) is 5.69 Å². The van der Waals surface area contributed by atoms with Crippen LogP contribution in [0.25, 0.3) is 0 Å². The minimum absolute atomic E-state index is 0.254. The van der Waals surface area contributed by atoms with Gasteiger partial charge in [0, 0.05) is 12.7 Å². The van der Waals surface area contributed by atoms with Crippen LogP contribution in [0.1, 0.15) is 0 Å². The molecule has 0 aliphatic rings. The predicted molar refractivity (Wildman–Crippen MR) is 76.5 cm³/mol. The molecular formula is C13H14ClNO2S. The Morgan fingerprint density at radius 1 is 1.06 bits per heavy atom. The van der Waals surface area contributed by atoms with Gasteiger partial charge in [-0.3, -0.25) is 0 Å². The molecule has 96 valence electrons. The molecule has 2 aromatic carbocycles. The van der Waals surface area contributed by atoms with Crippen LogP contribution in [-0.2, 0) is 11.1 Å². The largest absolute Gasteiger partial charge is 0.388 e. The number of nitrogens with one attached hydrogen (secondary N) is 1. The van der Waals surface area contributed by atoms with Gasteiger partial charge in [-0.2, -0.15) is 0 Å². The van der Waals surface area contributed by atoms with Crippen molar-refractivity contribution in [2.45, 2.75) is 4.90 Å². The molecule has 1 unspecified atom stereocenters. The normalized spacial score (nSPS) is 11.1. The van der Waals surface area contributed by atoms with E-state index in [9.17, 15) is 4.21 Å². The summed E-state index contributed by atoms with van der Waals surface area (Å²) in [7, 11) is 1.91. The third-order valence-corrected chi connectivity index (χ3v) is 3.26. The number of rotatable bonds is 2. The monoisotopic (exact) mass is 283 g/mol. The maximum atomic E-state index is 10.4. The van der Waals surface area contributed by atoms with Crippen LogP contribution in [0.5, 0.6) is 0 Å². The Bertz CT molecular complexity index is 505. The van der Waals surface area contributed by atoms with Crippen molar-refractivity contribution in [2.75, 3.05) is 12.4 Å². The summed E-state index contributed by atoms with van der Waals surface area (Å²) in [4.78, 5) is 0.254. The molecule has 5 heteroatoms. The fourth-order valence-corrected chi connectivity index (χ4v) is 1.95. The molecule has 0 heterocycles. The summed E-state index contributed by atoms with van der Waals surface area (Å²) in [5.74, 6) is 0. The molecule has 0 radical (unpaired) electrons. The van der Waals surface area contributed by atoms with Gasteiger partial charge in [0.05, 0.1) is 9.92 Å². The van der Waals surface area contributed by atoms with Gasteiger partial charge in [-0.25, -0.2) is 4.21 Å². The molecule has 2 rings (SSSR count). The van der Waals surface area contributed by atoms with E-state index in [1.54, 1.807) is 18.2 Å². The molecule has 0 fully saturated rings.